The van der Waals surface area contributed by atoms with Gasteiger partial charge in [-0.3, -0.25) is 0 Å². The summed E-state index contributed by atoms with van der Waals surface area (Å²) < 4.78 is 0. The maximum atomic E-state index is 5.06. The van der Waals surface area contributed by atoms with E-state index in [0.717, 1.165) is 18.4 Å². The second kappa shape index (κ2) is 6.25. The van der Waals surface area contributed by atoms with Crippen molar-refractivity contribution in [3.8, 4) is 0 Å². The van der Waals surface area contributed by atoms with Gasteiger partial charge in [0.05, 0.1) is 5.69 Å². The van der Waals surface area contributed by atoms with E-state index >= 15 is 0 Å². The van der Waals surface area contributed by atoms with Crippen LogP contribution in [0.4, 0.5) is 5.13 Å². The molecule has 1 aliphatic heterocycles. The lowest BCUT2D eigenvalue weighted by atomic mass is 9.96. The Hall–Kier alpha value is -0.610. The summed E-state index contributed by atoms with van der Waals surface area (Å²) in [7, 11) is 0. The molecule has 21 heavy (non-hydrogen) atoms. The van der Waals surface area contributed by atoms with Crippen molar-refractivity contribution in [3.05, 3.63) is 10.6 Å². The van der Waals surface area contributed by atoms with Crippen LogP contribution in [0.1, 0.15) is 69.9 Å². The quantitative estimate of drug-likeness (QED) is 0.886. The summed E-state index contributed by atoms with van der Waals surface area (Å²) in [6.07, 6.45) is 5.34. The number of hydrogen-bond acceptors (Lipinski definition) is 4. The van der Waals surface area contributed by atoms with Crippen molar-refractivity contribution in [2.75, 3.05) is 11.4 Å². The molecule has 1 N–H and O–H groups in total. The van der Waals surface area contributed by atoms with Crippen molar-refractivity contribution in [3.63, 3.8) is 0 Å². The average Bonchev–Trinajstić information content (AvgIpc) is 3.19. The molecule has 0 aromatic carbocycles. The number of thiazole rings is 1. The second-order valence-electron chi connectivity index (χ2n) is 7.30. The van der Waals surface area contributed by atoms with Gasteiger partial charge < -0.3 is 10.2 Å². The van der Waals surface area contributed by atoms with Crippen LogP contribution >= 0.6 is 11.3 Å². The summed E-state index contributed by atoms with van der Waals surface area (Å²) in [5.41, 5.74) is 1.40. The van der Waals surface area contributed by atoms with E-state index < -0.39 is 0 Å². The van der Waals surface area contributed by atoms with Gasteiger partial charge in [-0.25, -0.2) is 4.98 Å². The fourth-order valence-corrected chi connectivity index (χ4v) is 4.34. The van der Waals surface area contributed by atoms with Crippen LogP contribution in [0, 0.1) is 5.92 Å². The largest absolute Gasteiger partial charge is 0.345 e. The summed E-state index contributed by atoms with van der Waals surface area (Å²) in [5.74, 6) is 1.54. The summed E-state index contributed by atoms with van der Waals surface area (Å²) in [5, 5.41) is 4.85. The normalized spacial score (nSPS) is 26.6. The maximum absolute atomic E-state index is 5.06. The number of aromatic nitrogens is 1. The minimum absolute atomic E-state index is 0.538. The van der Waals surface area contributed by atoms with Crippen molar-refractivity contribution in [2.24, 2.45) is 5.92 Å². The average molecular weight is 308 g/mol. The number of hydrogen-bond donors (Lipinski definition) is 1. The van der Waals surface area contributed by atoms with Gasteiger partial charge in [-0.05, 0) is 38.5 Å². The Bertz CT molecular complexity index is 478. The highest BCUT2D eigenvalue weighted by molar-refractivity contribution is 7.15. The number of anilines is 1. The summed E-state index contributed by atoms with van der Waals surface area (Å²) in [4.78, 5) is 9.10. The third kappa shape index (κ3) is 3.59. The van der Waals surface area contributed by atoms with E-state index in [2.05, 4.69) is 37.9 Å². The third-order valence-electron chi connectivity index (χ3n) is 4.71. The van der Waals surface area contributed by atoms with E-state index in [4.69, 9.17) is 4.98 Å². The van der Waals surface area contributed by atoms with Gasteiger partial charge in [0.1, 0.15) is 0 Å². The zero-order valence-electron chi connectivity index (χ0n) is 13.9. The molecule has 3 nitrogen and oxygen atoms in total. The predicted octanol–water partition coefficient (Wildman–Crippen LogP) is 4.14. The van der Waals surface area contributed by atoms with E-state index in [-0.39, 0.29) is 0 Å². The van der Waals surface area contributed by atoms with Gasteiger partial charge in [-0.1, -0.05) is 20.8 Å². The van der Waals surface area contributed by atoms with Crippen molar-refractivity contribution < 1.29 is 0 Å². The Morgan fingerprint density at radius 2 is 2.00 bits per heavy atom. The first-order valence-electron chi connectivity index (χ1n) is 8.54. The van der Waals surface area contributed by atoms with Crippen LogP contribution in [-0.4, -0.2) is 23.6 Å². The maximum Gasteiger partial charge on any atom is 0.186 e. The van der Waals surface area contributed by atoms with Crippen molar-refractivity contribution in [1.82, 2.24) is 10.3 Å². The van der Waals surface area contributed by atoms with Gasteiger partial charge in [0, 0.05) is 36.0 Å². The Morgan fingerprint density at radius 1 is 1.24 bits per heavy atom. The first-order chi connectivity index (χ1) is 10.0. The Morgan fingerprint density at radius 3 is 2.67 bits per heavy atom. The molecule has 0 bridgehead atoms. The molecule has 1 aliphatic carbocycles. The summed E-state index contributed by atoms with van der Waals surface area (Å²) in [6, 6.07) is 1.18. The predicted molar refractivity (Wildman–Crippen MR) is 91.3 cm³/mol. The van der Waals surface area contributed by atoms with Gasteiger partial charge >= 0.3 is 0 Å². The topological polar surface area (TPSA) is 28.2 Å². The molecule has 1 aromatic heterocycles. The van der Waals surface area contributed by atoms with Crippen molar-refractivity contribution in [2.45, 2.75) is 77.9 Å². The van der Waals surface area contributed by atoms with E-state index in [1.54, 1.807) is 0 Å². The molecular weight excluding hydrogens is 278 g/mol. The van der Waals surface area contributed by atoms with Crippen molar-refractivity contribution in [1.29, 1.82) is 0 Å². The molecule has 1 aromatic rings. The van der Waals surface area contributed by atoms with Gasteiger partial charge in [0.15, 0.2) is 5.13 Å². The molecule has 2 atom stereocenters. The first kappa shape index (κ1) is 15.3. The molecule has 2 aliphatic rings. The van der Waals surface area contributed by atoms with Crippen LogP contribution in [0.3, 0.4) is 0 Å². The minimum Gasteiger partial charge on any atom is -0.345 e. The Labute approximate surface area is 133 Å². The van der Waals surface area contributed by atoms with Crippen LogP contribution in [0.2, 0.25) is 0 Å². The number of rotatable bonds is 5. The standard InChI is InChI=1S/C17H29N3S/c1-11(2)18-9-15-16(14-7-8-14)19-17(21-15)20-10-12(3)5-6-13(20)4/h11-14,18H,5-10H2,1-4H3. The summed E-state index contributed by atoms with van der Waals surface area (Å²) in [6.45, 7) is 11.3. The molecule has 1 saturated heterocycles. The lowest BCUT2D eigenvalue weighted by molar-refractivity contribution is 0.390. The van der Waals surface area contributed by atoms with Gasteiger partial charge in [0.2, 0.25) is 0 Å². The molecule has 2 fully saturated rings. The molecule has 0 amide bonds. The Kier molecular flexibility index (Phi) is 4.55. The van der Waals surface area contributed by atoms with E-state index in [0.29, 0.717) is 12.1 Å². The van der Waals surface area contributed by atoms with Gasteiger partial charge in [0.25, 0.3) is 0 Å². The van der Waals surface area contributed by atoms with Crippen LogP contribution in [0.25, 0.3) is 0 Å². The molecule has 118 valence electrons. The molecule has 4 heteroatoms. The number of nitrogens with zero attached hydrogens (tertiary/aromatic N) is 2. The molecular formula is C17H29N3S. The highest BCUT2D eigenvalue weighted by atomic mass is 32.1. The lowest BCUT2D eigenvalue weighted by Gasteiger charge is -2.36. The van der Waals surface area contributed by atoms with Crippen LogP contribution in [-0.2, 0) is 6.54 Å². The van der Waals surface area contributed by atoms with Crippen LogP contribution in [0.5, 0.6) is 0 Å². The van der Waals surface area contributed by atoms with E-state index in [9.17, 15) is 0 Å². The number of piperidine rings is 1. The van der Waals surface area contributed by atoms with E-state index in [1.165, 1.54) is 47.9 Å². The SMILES string of the molecule is CC1CCC(C)N(c2nc(C3CC3)c(CNC(C)C)s2)C1. The van der Waals surface area contributed by atoms with Crippen molar-refractivity contribution >= 4 is 16.5 Å². The fourth-order valence-electron chi connectivity index (χ4n) is 3.13. The minimum atomic E-state index is 0.538. The monoisotopic (exact) mass is 307 g/mol. The fraction of sp³-hybridized carbons (Fsp3) is 0.824. The molecule has 3 rings (SSSR count). The number of nitrogens with one attached hydrogen (secondary N) is 1. The molecule has 0 spiro atoms. The smallest absolute Gasteiger partial charge is 0.186 e. The molecule has 1 saturated carbocycles. The van der Waals surface area contributed by atoms with Crippen LogP contribution in [0.15, 0.2) is 0 Å². The van der Waals surface area contributed by atoms with Gasteiger partial charge in [-0.2, -0.15) is 0 Å². The van der Waals surface area contributed by atoms with E-state index in [1.807, 2.05) is 11.3 Å². The zero-order valence-corrected chi connectivity index (χ0v) is 14.7. The lowest BCUT2D eigenvalue weighted by Crippen LogP contribution is -2.41. The third-order valence-corrected chi connectivity index (χ3v) is 5.82. The molecule has 0 radical (unpaired) electrons. The van der Waals surface area contributed by atoms with Gasteiger partial charge in [-0.15, -0.1) is 11.3 Å². The highest BCUT2D eigenvalue weighted by Gasteiger charge is 2.32. The van der Waals surface area contributed by atoms with Crippen LogP contribution < -0.4 is 10.2 Å². The molecule has 2 heterocycles. The highest BCUT2D eigenvalue weighted by Crippen LogP contribution is 2.45. The first-order valence-corrected chi connectivity index (χ1v) is 9.36. The Balaban J connectivity index is 1.80. The zero-order chi connectivity index (χ0) is 15.0. The summed E-state index contributed by atoms with van der Waals surface area (Å²) >= 11 is 1.93. The molecule has 2 unspecified atom stereocenters. The second-order valence-corrected chi connectivity index (χ2v) is 8.36.